The zero-order chi connectivity index (χ0) is 15.6. The summed E-state index contributed by atoms with van der Waals surface area (Å²) in [4.78, 5) is 0.0792. The maximum absolute atomic E-state index is 12.9. The molecule has 21 heavy (non-hydrogen) atoms. The van der Waals surface area contributed by atoms with Crippen molar-refractivity contribution in [1.29, 1.82) is 0 Å². The smallest absolute Gasteiger partial charge is 0.178 e. The molecule has 112 valence electrons. The third-order valence-corrected chi connectivity index (χ3v) is 5.04. The fraction of sp³-hybridized carbons (Fsp3) is 0.250. The Labute approximate surface area is 124 Å². The average Bonchev–Trinajstić information content (AvgIpc) is 2.37. The molecule has 2 rings (SSSR count). The summed E-state index contributed by atoms with van der Waals surface area (Å²) in [6.07, 6.45) is 0. The molecule has 0 amide bonds. The van der Waals surface area contributed by atoms with Gasteiger partial charge in [0, 0.05) is 0 Å². The van der Waals surface area contributed by atoms with E-state index in [0.717, 1.165) is 0 Å². The number of aromatic hydroxyl groups is 1. The molecule has 0 atom stereocenters. The van der Waals surface area contributed by atoms with Gasteiger partial charge in [-0.25, -0.2) is 12.8 Å². The molecule has 0 aliphatic carbocycles. The van der Waals surface area contributed by atoms with Gasteiger partial charge in [0.25, 0.3) is 0 Å². The number of rotatable bonds is 4. The van der Waals surface area contributed by atoms with Gasteiger partial charge >= 0.3 is 0 Å². The molecule has 1 N–H and O–H groups in total. The van der Waals surface area contributed by atoms with Gasteiger partial charge in [0.05, 0.1) is 10.6 Å². The summed E-state index contributed by atoms with van der Waals surface area (Å²) >= 11 is 0. The highest BCUT2D eigenvalue weighted by Crippen LogP contribution is 2.28. The third-order valence-electron chi connectivity index (χ3n) is 2.98. The molecule has 3 nitrogen and oxygen atoms in total. The van der Waals surface area contributed by atoms with Crippen molar-refractivity contribution in [3.05, 3.63) is 48.3 Å². The molecule has 0 aliphatic heterocycles. The third kappa shape index (κ3) is 3.82. The summed E-state index contributed by atoms with van der Waals surface area (Å²) in [5, 5.41) is 9.77. The minimum atomic E-state index is -3.45. The summed E-state index contributed by atoms with van der Waals surface area (Å²) in [5.41, 5.74) is 1.19. The lowest BCUT2D eigenvalue weighted by atomic mass is 10.1. The van der Waals surface area contributed by atoms with Crippen LogP contribution >= 0.6 is 0 Å². The standard InChI is InChI=1S/C16H17FO3S/c1-11(2)10-21(19,20)16-8-13(7-15(18)9-16)12-3-5-14(17)6-4-12/h3-9,11,18H,10H2,1-2H3. The summed E-state index contributed by atoms with van der Waals surface area (Å²) in [6, 6.07) is 9.88. The lowest BCUT2D eigenvalue weighted by molar-refractivity contribution is 0.473. The van der Waals surface area contributed by atoms with Gasteiger partial charge in [-0.3, -0.25) is 0 Å². The van der Waals surface area contributed by atoms with Crippen LogP contribution in [0.2, 0.25) is 0 Å². The van der Waals surface area contributed by atoms with Crippen LogP contribution < -0.4 is 0 Å². The zero-order valence-electron chi connectivity index (χ0n) is 11.9. The fourth-order valence-electron chi connectivity index (χ4n) is 2.11. The Kier molecular flexibility index (Phi) is 4.32. The van der Waals surface area contributed by atoms with Gasteiger partial charge < -0.3 is 5.11 Å². The van der Waals surface area contributed by atoms with Crippen molar-refractivity contribution >= 4 is 9.84 Å². The van der Waals surface area contributed by atoms with Crippen LogP contribution in [-0.2, 0) is 9.84 Å². The van der Waals surface area contributed by atoms with E-state index in [0.29, 0.717) is 11.1 Å². The van der Waals surface area contributed by atoms with E-state index in [1.54, 1.807) is 12.1 Å². The largest absolute Gasteiger partial charge is 0.508 e. The number of sulfone groups is 1. The normalized spacial score (nSPS) is 11.8. The second-order valence-corrected chi connectivity index (χ2v) is 7.43. The Morgan fingerprint density at radius 2 is 1.67 bits per heavy atom. The van der Waals surface area contributed by atoms with E-state index < -0.39 is 9.84 Å². The van der Waals surface area contributed by atoms with Gasteiger partial charge in [-0.05, 0) is 47.4 Å². The van der Waals surface area contributed by atoms with Gasteiger partial charge in [-0.1, -0.05) is 26.0 Å². The predicted octanol–water partition coefficient (Wildman–Crippen LogP) is 3.63. The highest BCUT2D eigenvalue weighted by Gasteiger charge is 2.18. The summed E-state index contributed by atoms with van der Waals surface area (Å²) < 4.78 is 37.5. The molecule has 0 saturated carbocycles. The first kappa shape index (κ1) is 15.5. The van der Waals surface area contributed by atoms with Crippen LogP contribution in [0, 0.1) is 11.7 Å². The summed E-state index contributed by atoms with van der Waals surface area (Å²) in [7, 11) is -3.45. The van der Waals surface area contributed by atoms with Crippen molar-refractivity contribution in [2.24, 2.45) is 5.92 Å². The maximum Gasteiger partial charge on any atom is 0.178 e. The van der Waals surface area contributed by atoms with Crippen LogP contribution in [0.5, 0.6) is 5.75 Å². The quantitative estimate of drug-likeness (QED) is 0.938. The molecule has 0 saturated heterocycles. The molecule has 2 aromatic carbocycles. The highest BCUT2D eigenvalue weighted by atomic mass is 32.2. The Morgan fingerprint density at radius 1 is 1.05 bits per heavy atom. The van der Waals surface area contributed by atoms with E-state index in [1.165, 1.54) is 30.3 Å². The van der Waals surface area contributed by atoms with Crippen molar-refractivity contribution in [1.82, 2.24) is 0 Å². The summed E-state index contributed by atoms with van der Waals surface area (Å²) in [6.45, 7) is 3.64. The van der Waals surface area contributed by atoms with Crippen molar-refractivity contribution in [2.45, 2.75) is 18.7 Å². The number of hydrogen-bond donors (Lipinski definition) is 1. The first-order chi connectivity index (χ1) is 9.78. The molecule has 2 aromatic rings. The van der Waals surface area contributed by atoms with Gasteiger partial charge in [0.1, 0.15) is 11.6 Å². The lowest BCUT2D eigenvalue weighted by Crippen LogP contribution is -2.11. The Bertz CT molecular complexity index is 735. The second kappa shape index (κ2) is 5.85. The van der Waals surface area contributed by atoms with Crippen molar-refractivity contribution in [3.63, 3.8) is 0 Å². The van der Waals surface area contributed by atoms with Crippen molar-refractivity contribution in [2.75, 3.05) is 5.75 Å². The zero-order valence-corrected chi connectivity index (χ0v) is 12.7. The van der Waals surface area contributed by atoms with Crippen LogP contribution in [0.15, 0.2) is 47.4 Å². The Balaban J connectivity index is 2.49. The van der Waals surface area contributed by atoms with E-state index >= 15 is 0 Å². The number of phenolic OH excluding ortho intramolecular Hbond substituents is 1. The molecule has 0 aromatic heterocycles. The Hall–Kier alpha value is -1.88. The van der Waals surface area contributed by atoms with Gasteiger partial charge in [-0.15, -0.1) is 0 Å². The average molecular weight is 308 g/mol. The van der Waals surface area contributed by atoms with Gasteiger partial charge in [-0.2, -0.15) is 0 Å². The molecular formula is C16H17FO3S. The number of phenols is 1. The summed E-state index contributed by atoms with van der Waals surface area (Å²) in [5.74, 6) is -0.489. The molecule has 0 spiro atoms. The number of hydrogen-bond acceptors (Lipinski definition) is 3. The van der Waals surface area contributed by atoms with Crippen LogP contribution in [0.4, 0.5) is 4.39 Å². The molecule has 0 bridgehead atoms. The molecule has 5 heteroatoms. The molecular weight excluding hydrogens is 291 g/mol. The van der Waals surface area contributed by atoms with Crippen LogP contribution in [-0.4, -0.2) is 19.3 Å². The van der Waals surface area contributed by atoms with E-state index in [-0.39, 0.29) is 28.1 Å². The molecule has 0 radical (unpaired) electrons. The monoisotopic (exact) mass is 308 g/mol. The van der Waals surface area contributed by atoms with Crippen LogP contribution in [0.1, 0.15) is 13.8 Å². The Morgan fingerprint density at radius 3 is 2.24 bits per heavy atom. The lowest BCUT2D eigenvalue weighted by Gasteiger charge is -2.10. The van der Waals surface area contributed by atoms with Crippen LogP contribution in [0.25, 0.3) is 11.1 Å². The number of halogens is 1. The topological polar surface area (TPSA) is 54.4 Å². The van der Waals surface area contributed by atoms with Gasteiger partial charge in [0.15, 0.2) is 9.84 Å². The first-order valence-electron chi connectivity index (χ1n) is 6.61. The molecule has 0 aliphatic rings. The van der Waals surface area contributed by atoms with Crippen molar-refractivity contribution in [3.8, 4) is 16.9 Å². The molecule has 0 heterocycles. The van der Waals surface area contributed by atoms with Gasteiger partial charge in [0.2, 0.25) is 0 Å². The van der Waals surface area contributed by atoms with E-state index in [9.17, 15) is 17.9 Å². The van der Waals surface area contributed by atoms with Crippen LogP contribution in [0.3, 0.4) is 0 Å². The van der Waals surface area contributed by atoms with E-state index in [4.69, 9.17) is 0 Å². The maximum atomic E-state index is 12.9. The molecule has 0 fully saturated rings. The first-order valence-corrected chi connectivity index (χ1v) is 8.26. The SMILES string of the molecule is CC(C)CS(=O)(=O)c1cc(O)cc(-c2ccc(F)cc2)c1. The van der Waals surface area contributed by atoms with E-state index in [1.807, 2.05) is 13.8 Å². The molecule has 0 unspecified atom stereocenters. The predicted molar refractivity (Wildman–Crippen MR) is 80.4 cm³/mol. The van der Waals surface area contributed by atoms with E-state index in [2.05, 4.69) is 0 Å². The number of benzene rings is 2. The highest BCUT2D eigenvalue weighted by molar-refractivity contribution is 7.91. The minimum absolute atomic E-state index is 0.00776. The minimum Gasteiger partial charge on any atom is -0.508 e. The van der Waals surface area contributed by atoms with Crippen molar-refractivity contribution < 1.29 is 17.9 Å². The second-order valence-electron chi connectivity index (χ2n) is 5.40. The fourth-order valence-corrected chi connectivity index (χ4v) is 3.78.